The molecule has 12 atom stereocenters. The predicted molar refractivity (Wildman–Crippen MR) is 346 cm³/mol. The molecule has 0 aromatic heterocycles. The quantitative estimate of drug-likeness (QED) is 0.0204. The second-order valence-electron chi connectivity index (χ2n) is 25.4. The summed E-state index contributed by atoms with van der Waals surface area (Å²) in [6, 6.07) is -0.829. The SMILES string of the molecule is CCCCCCC/C=C\C/C=C\C/C=C\CCCCCCCCCCCCCCCCCCC(=O)NC(COC1OC(CO)C(OC2OC(CO)C(O)C(O)C2O)C(O)C1O)C(O)CCCCCCCCCCCCCCCCCCCCCC. The van der Waals surface area contributed by atoms with Crippen molar-refractivity contribution in [2.24, 2.45) is 0 Å². The van der Waals surface area contributed by atoms with E-state index in [0.29, 0.717) is 12.8 Å². The van der Waals surface area contributed by atoms with E-state index in [-0.39, 0.29) is 12.5 Å². The molecular formula is C71H133NO13. The molecule has 9 N–H and O–H groups in total. The van der Waals surface area contributed by atoms with E-state index in [1.54, 1.807) is 0 Å². The highest BCUT2D eigenvalue weighted by atomic mass is 16.7. The Balaban J connectivity index is 1.64. The fourth-order valence-corrected chi connectivity index (χ4v) is 11.9. The van der Waals surface area contributed by atoms with Crippen LogP contribution in [-0.4, -0.2) is 140 Å². The number of nitrogens with one attached hydrogen (secondary N) is 1. The first-order chi connectivity index (χ1) is 41.6. The van der Waals surface area contributed by atoms with E-state index < -0.39 is 86.8 Å². The third-order valence-electron chi connectivity index (χ3n) is 17.6. The van der Waals surface area contributed by atoms with Gasteiger partial charge < -0.3 is 65.1 Å². The lowest BCUT2D eigenvalue weighted by molar-refractivity contribution is -0.359. The zero-order valence-electron chi connectivity index (χ0n) is 54.4. The van der Waals surface area contributed by atoms with Gasteiger partial charge in [-0.05, 0) is 51.4 Å². The maximum absolute atomic E-state index is 13.4. The lowest BCUT2D eigenvalue weighted by atomic mass is 9.97. The van der Waals surface area contributed by atoms with Crippen LogP contribution in [0.3, 0.4) is 0 Å². The number of allylic oxidation sites excluding steroid dienone is 6. The summed E-state index contributed by atoms with van der Waals surface area (Å²) >= 11 is 0. The number of amides is 1. The van der Waals surface area contributed by atoms with Gasteiger partial charge in [0.2, 0.25) is 5.91 Å². The van der Waals surface area contributed by atoms with E-state index in [0.717, 1.165) is 64.2 Å². The van der Waals surface area contributed by atoms with E-state index in [2.05, 4.69) is 55.6 Å². The maximum Gasteiger partial charge on any atom is 0.220 e. The molecule has 2 saturated heterocycles. The van der Waals surface area contributed by atoms with Crippen LogP contribution in [0.15, 0.2) is 36.5 Å². The summed E-state index contributed by atoms with van der Waals surface area (Å²) in [7, 11) is 0. The molecule has 14 nitrogen and oxygen atoms in total. The molecule has 2 aliphatic rings. The van der Waals surface area contributed by atoms with Crippen molar-refractivity contribution in [1.82, 2.24) is 5.32 Å². The first-order valence-corrected chi connectivity index (χ1v) is 35.7. The van der Waals surface area contributed by atoms with E-state index in [9.17, 15) is 45.6 Å². The summed E-state index contributed by atoms with van der Waals surface area (Å²) in [5.41, 5.74) is 0. The number of aliphatic hydroxyl groups excluding tert-OH is 8. The Bertz CT molecular complexity index is 1560. The zero-order valence-corrected chi connectivity index (χ0v) is 54.4. The lowest BCUT2D eigenvalue weighted by Gasteiger charge is -2.46. The third kappa shape index (κ3) is 40.5. The van der Waals surface area contributed by atoms with Gasteiger partial charge in [-0.15, -0.1) is 0 Å². The van der Waals surface area contributed by atoms with Crippen molar-refractivity contribution in [2.75, 3.05) is 19.8 Å². The largest absolute Gasteiger partial charge is 0.394 e. The molecule has 2 fully saturated rings. The maximum atomic E-state index is 13.4. The van der Waals surface area contributed by atoms with Crippen molar-refractivity contribution in [3.05, 3.63) is 36.5 Å². The highest BCUT2D eigenvalue weighted by Crippen LogP contribution is 2.30. The first-order valence-electron chi connectivity index (χ1n) is 35.7. The van der Waals surface area contributed by atoms with Crippen molar-refractivity contribution < 1.29 is 64.6 Å². The second kappa shape index (κ2) is 56.2. The molecular weight excluding hydrogens is 1070 g/mol. The minimum Gasteiger partial charge on any atom is -0.394 e. The van der Waals surface area contributed by atoms with Crippen molar-refractivity contribution in [1.29, 1.82) is 0 Å². The molecule has 2 heterocycles. The van der Waals surface area contributed by atoms with Gasteiger partial charge >= 0.3 is 0 Å². The smallest absolute Gasteiger partial charge is 0.220 e. The molecule has 0 aliphatic carbocycles. The highest BCUT2D eigenvalue weighted by Gasteiger charge is 2.51. The Labute approximate surface area is 519 Å². The molecule has 0 bridgehead atoms. The van der Waals surface area contributed by atoms with Crippen LogP contribution in [0.4, 0.5) is 0 Å². The number of hydrogen-bond acceptors (Lipinski definition) is 13. The first kappa shape index (κ1) is 79.3. The summed E-state index contributed by atoms with van der Waals surface area (Å²) in [6.45, 7) is 2.90. The molecule has 85 heavy (non-hydrogen) atoms. The van der Waals surface area contributed by atoms with Gasteiger partial charge in [0, 0.05) is 6.42 Å². The van der Waals surface area contributed by atoms with Gasteiger partial charge in [0.15, 0.2) is 12.6 Å². The molecule has 0 aromatic carbocycles. The number of aliphatic hydroxyl groups is 8. The van der Waals surface area contributed by atoms with Gasteiger partial charge in [-0.3, -0.25) is 4.79 Å². The summed E-state index contributed by atoms with van der Waals surface area (Å²) < 4.78 is 22.9. The van der Waals surface area contributed by atoms with Crippen molar-refractivity contribution >= 4 is 5.91 Å². The molecule has 2 aliphatic heterocycles. The molecule has 0 radical (unpaired) electrons. The summed E-state index contributed by atoms with van der Waals surface area (Å²) in [4.78, 5) is 13.4. The van der Waals surface area contributed by atoms with Crippen LogP contribution in [0.25, 0.3) is 0 Å². The number of rotatable bonds is 59. The standard InChI is InChI=1S/C71H133NO13/c1-3-5-7-9-11-13-15-17-19-21-23-25-26-27-28-29-30-31-32-33-34-35-37-39-41-43-45-47-49-51-53-55-63(76)72-59(60(75)54-52-50-48-46-44-42-40-38-36-24-22-20-18-16-14-12-10-8-6-4-2)58-82-70-68(81)66(79)69(62(57-74)84-70)85-71-67(80)65(78)64(77)61(56-73)83-71/h15,17,21,23,26-27,59-62,64-71,73-75,77-81H,3-14,16,18-20,22,24-25,28-58H2,1-2H3,(H,72,76)/b17-15-,23-21-,27-26-. The average Bonchev–Trinajstić information content (AvgIpc) is 3.68. The molecule has 0 saturated carbocycles. The fraction of sp³-hybridized carbons (Fsp3) is 0.901. The van der Waals surface area contributed by atoms with Crippen molar-refractivity contribution in [3.8, 4) is 0 Å². The van der Waals surface area contributed by atoms with Crippen LogP contribution >= 0.6 is 0 Å². The Hall–Kier alpha value is -1.79. The molecule has 500 valence electrons. The minimum absolute atomic E-state index is 0.202. The Morgan fingerprint density at radius 3 is 1.19 bits per heavy atom. The normalized spacial score (nSPS) is 23.7. The van der Waals surface area contributed by atoms with Gasteiger partial charge in [0.25, 0.3) is 0 Å². The van der Waals surface area contributed by atoms with Gasteiger partial charge in [-0.1, -0.05) is 294 Å². The van der Waals surface area contributed by atoms with Crippen molar-refractivity contribution in [3.63, 3.8) is 0 Å². The monoisotopic (exact) mass is 1210 g/mol. The van der Waals surface area contributed by atoms with E-state index >= 15 is 0 Å². The van der Waals surface area contributed by atoms with Gasteiger partial charge in [0.1, 0.15) is 48.8 Å². The predicted octanol–water partition coefficient (Wildman–Crippen LogP) is 14.5. The second-order valence-corrected chi connectivity index (χ2v) is 25.4. The van der Waals surface area contributed by atoms with Crippen LogP contribution in [0.5, 0.6) is 0 Å². The Morgan fingerprint density at radius 1 is 0.424 bits per heavy atom. The Kier molecular flexibility index (Phi) is 52.4. The number of ether oxygens (including phenoxy) is 4. The molecule has 12 unspecified atom stereocenters. The third-order valence-corrected chi connectivity index (χ3v) is 17.6. The van der Waals surface area contributed by atoms with E-state index in [1.807, 2.05) is 0 Å². The van der Waals surface area contributed by atoms with Crippen LogP contribution < -0.4 is 5.32 Å². The molecule has 0 aromatic rings. The van der Waals surface area contributed by atoms with Crippen LogP contribution in [0.2, 0.25) is 0 Å². The molecule has 1 amide bonds. The van der Waals surface area contributed by atoms with E-state index in [1.165, 1.54) is 225 Å². The van der Waals surface area contributed by atoms with Gasteiger partial charge in [-0.2, -0.15) is 0 Å². The summed E-state index contributed by atoms with van der Waals surface area (Å²) in [5, 5.41) is 87.6. The van der Waals surface area contributed by atoms with Crippen LogP contribution in [-0.2, 0) is 23.7 Å². The fourth-order valence-electron chi connectivity index (χ4n) is 11.9. The number of unbranched alkanes of at least 4 members (excludes halogenated alkanes) is 40. The van der Waals surface area contributed by atoms with Crippen molar-refractivity contribution in [2.45, 2.75) is 389 Å². The number of hydrogen-bond donors (Lipinski definition) is 9. The van der Waals surface area contributed by atoms with Crippen LogP contribution in [0, 0.1) is 0 Å². The minimum atomic E-state index is -1.78. The summed E-state index contributed by atoms with van der Waals surface area (Å²) in [6.07, 6.45) is 54.4. The molecule has 0 spiro atoms. The van der Waals surface area contributed by atoms with Crippen LogP contribution in [0.1, 0.15) is 316 Å². The highest BCUT2D eigenvalue weighted by molar-refractivity contribution is 5.76. The van der Waals surface area contributed by atoms with E-state index in [4.69, 9.17) is 18.9 Å². The molecule has 14 heteroatoms. The zero-order chi connectivity index (χ0) is 61.6. The average molecular weight is 1210 g/mol. The number of carbonyl (C=O) groups is 1. The topological polar surface area (TPSA) is 228 Å². The Morgan fingerprint density at radius 2 is 0.776 bits per heavy atom. The summed E-state index contributed by atoms with van der Waals surface area (Å²) in [5.74, 6) is -0.202. The van der Waals surface area contributed by atoms with Gasteiger partial charge in [-0.25, -0.2) is 0 Å². The number of carbonyl (C=O) groups excluding carboxylic acids is 1. The molecule has 2 rings (SSSR count). The van der Waals surface area contributed by atoms with Gasteiger partial charge in [0.05, 0.1) is 32.0 Å². The lowest BCUT2D eigenvalue weighted by Crippen LogP contribution is -2.65.